The van der Waals surface area contributed by atoms with Crippen LogP contribution in [0.5, 0.6) is 0 Å². The maximum absolute atomic E-state index is 6.02. The Balaban J connectivity index is 4.89. The molecule has 0 saturated heterocycles. The molecule has 0 aromatic carbocycles. The van der Waals surface area contributed by atoms with Crippen LogP contribution in [-0.4, -0.2) is 32.4 Å². The van der Waals surface area contributed by atoms with Crippen molar-refractivity contribution >= 4 is 21.4 Å². The van der Waals surface area contributed by atoms with Crippen LogP contribution in [-0.2, 0) is 13.3 Å². The summed E-state index contributed by atoms with van der Waals surface area (Å²) >= 11 is 4.45. The van der Waals surface area contributed by atoms with Crippen molar-refractivity contribution in [3.05, 3.63) is 0 Å². The molecule has 0 aliphatic rings. The van der Waals surface area contributed by atoms with Crippen molar-refractivity contribution in [1.29, 1.82) is 0 Å². The van der Waals surface area contributed by atoms with Crippen LogP contribution in [0.25, 0.3) is 0 Å². The van der Waals surface area contributed by atoms with Crippen molar-refractivity contribution < 1.29 is 13.3 Å². The van der Waals surface area contributed by atoms with Gasteiger partial charge in [-0.15, -0.1) is 0 Å². The van der Waals surface area contributed by atoms with Crippen LogP contribution in [0.3, 0.4) is 0 Å². The molecular weight excluding hydrogens is 252 g/mol. The second kappa shape index (κ2) is 7.79. The molecule has 0 aliphatic heterocycles. The lowest BCUT2D eigenvalue weighted by Gasteiger charge is -2.35. The highest BCUT2D eigenvalue weighted by atomic mass is 32.1. The third kappa shape index (κ3) is 8.21. The minimum absolute atomic E-state index is 0.103. The lowest BCUT2D eigenvalue weighted by Crippen LogP contribution is -2.51. The fraction of sp³-hybridized carbons (Fsp3) is 1.00. The van der Waals surface area contributed by atoms with Gasteiger partial charge in [-0.05, 0) is 41.5 Å². The molecule has 5 heteroatoms. The molecule has 0 heterocycles. The molecule has 0 aromatic rings. The van der Waals surface area contributed by atoms with Gasteiger partial charge in [-0.25, -0.2) is 0 Å². The van der Waals surface area contributed by atoms with Crippen molar-refractivity contribution in [2.75, 3.05) is 0 Å². The predicted octanol–water partition coefficient (Wildman–Crippen LogP) is 3.52. The van der Waals surface area contributed by atoms with E-state index in [1.807, 2.05) is 48.5 Å². The Labute approximate surface area is 113 Å². The second-order valence-electron chi connectivity index (χ2n) is 5.24. The van der Waals surface area contributed by atoms with Crippen LogP contribution in [0.1, 0.15) is 48.5 Å². The molecule has 17 heavy (non-hydrogen) atoms. The Morgan fingerprint density at radius 2 is 1.06 bits per heavy atom. The fourth-order valence-corrected chi connectivity index (χ4v) is 5.67. The summed E-state index contributed by atoms with van der Waals surface area (Å²) in [6.45, 7) is 14.1. The SMILES string of the molecule is CC(S)C[Si](OC(C)C)(OC(C)C)OC(C)C. The van der Waals surface area contributed by atoms with Gasteiger partial charge < -0.3 is 13.3 Å². The van der Waals surface area contributed by atoms with E-state index >= 15 is 0 Å². The van der Waals surface area contributed by atoms with Crippen LogP contribution in [0.15, 0.2) is 0 Å². The highest BCUT2D eigenvalue weighted by Crippen LogP contribution is 2.25. The summed E-state index contributed by atoms with van der Waals surface area (Å²) in [5.41, 5.74) is 0. The van der Waals surface area contributed by atoms with Crippen LogP contribution in [0.4, 0.5) is 0 Å². The monoisotopic (exact) mass is 280 g/mol. The van der Waals surface area contributed by atoms with Crippen LogP contribution < -0.4 is 0 Å². The van der Waals surface area contributed by atoms with Crippen LogP contribution in [0, 0.1) is 0 Å². The van der Waals surface area contributed by atoms with Crippen LogP contribution in [0.2, 0.25) is 6.04 Å². The first-order valence-electron chi connectivity index (χ1n) is 6.38. The first-order valence-corrected chi connectivity index (χ1v) is 8.83. The number of hydrogen-bond donors (Lipinski definition) is 1. The average molecular weight is 281 g/mol. The molecule has 0 bridgehead atoms. The molecule has 0 N–H and O–H groups in total. The molecule has 0 aliphatic carbocycles. The van der Waals surface area contributed by atoms with E-state index in [2.05, 4.69) is 12.6 Å². The smallest absolute Gasteiger partial charge is 0.371 e. The van der Waals surface area contributed by atoms with Gasteiger partial charge in [-0.1, -0.05) is 6.92 Å². The van der Waals surface area contributed by atoms with Crippen molar-refractivity contribution in [3.63, 3.8) is 0 Å². The van der Waals surface area contributed by atoms with Gasteiger partial charge in [0.25, 0.3) is 0 Å². The van der Waals surface area contributed by atoms with Gasteiger partial charge >= 0.3 is 8.80 Å². The summed E-state index contributed by atoms with van der Waals surface area (Å²) in [5.74, 6) is 0. The topological polar surface area (TPSA) is 27.7 Å². The fourth-order valence-electron chi connectivity index (χ4n) is 1.67. The molecule has 0 amide bonds. The zero-order valence-electron chi connectivity index (χ0n) is 12.2. The Bertz CT molecular complexity index is 162. The normalized spacial score (nSPS) is 15.0. The molecule has 0 saturated carbocycles. The molecule has 1 atom stereocenters. The number of hydrogen-bond acceptors (Lipinski definition) is 4. The van der Waals surface area contributed by atoms with Gasteiger partial charge in [0.15, 0.2) is 0 Å². The Morgan fingerprint density at radius 1 is 0.765 bits per heavy atom. The molecule has 0 rings (SSSR count). The van der Waals surface area contributed by atoms with E-state index in [0.29, 0.717) is 0 Å². The molecule has 0 radical (unpaired) electrons. The third-order valence-corrected chi connectivity index (χ3v) is 5.92. The molecule has 0 fully saturated rings. The molecular formula is C12H28O3SSi. The molecule has 1 unspecified atom stereocenters. The minimum Gasteiger partial charge on any atom is -0.371 e. The second-order valence-corrected chi connectivity index (χ2v) is 8.60. The minimum atomic E-state index is -2.62. The highest BCUT2D eigenvalue weighted by Gasteiger charge is 2.44. The molecule has 104 valence electrons. The van der Waals surface area contributed by atoms with Gasteiger partial charge in [-0.2, -0.15) is 12.6 Å². The lowest BCUT2D eigenvalue weighted by molar-refractivity contribution is 0.00346. The summed E-state index contributed by atoms with van der Waals surface area (Å²) < 4.78 is 18.0. The zero-order valence-corrected chi connectivity index (χ0v) is 14.1. The van der Waals surface area contributed by atoms with Crippen molar-refractivity contribution in [3.8, 4) is 0 Å². The van der Waals surface area contributed by atoms with Gasteiger partial charge in [0.1, 0.15) is 0 Å². The Morgan fingerprint density at radius 3 is 1.24 bits per heavy atom. The zero-order chi connectivity index (χ0) is 13.6. The Hall–Kier alpha value is 0.447. The predicted molar refractivity (Wildman–Crippen MR) is 77.7 cm³/mol. The maximum atomic E-state index is 6.02. The van der Waals surface area contributed by atoms with E-state index in [4.69, 9.17) is 13.3 Å². The van der Waals surface area contributed by atoms with Gasteiger partial charge in [-0.3, -0.25) is 0 Å². The van der Waals surface area contributed by atoms with E-state index in [1.165, 1.54) is 0 Å². The van der Waals surface area contributed by atoms with Gasteiger partial charge in [0, 0.05) is 29.6 Å². The maximum Gasteiger partial charge on any atom is 0.502 e. The summed E-state index contributed by atoms with van der Waals surface area (Å²) in [6.07, 6.45) is 0.309. The summed E-state index contributed by atoms with van der Waals surface area (Å²) in [6, 6.07) is 0.741. The average Bonchev–Trinajstić information content (AvgIpc) is 1.95. The molecule has 0 aromatic heterocycles. The quantitative estimate of drug-likeness (QED) is 0.544. The van der Waals surface area contributed by atoms with Crippen molar-refractivity contribution in [2.24, 2.45) is 0 Å². The number of thiol groups is 1. The first kappa shape index (κ1) is 17.4. The van der Waals surface area contributed by atoms with E-state index in [9.17, 15) is 0 Å². The van der Waals surface area contributed by atoms with E-state index < -0.39 is 8.80 Å². The van der Waals surface area contributed by atoms with Crippen molar-refractivity contribution in [2.45, 2.75) is 78.1 Å². The van der Waals surface area contributed by atoms with Gasteiger partial charge in [0.2, 0.25) is 0 Å². The van der Waals surface area contributed by atoms with Crippen LogP contribution >= 0.6 is 12.6 Å². The highest BCUT2D eigenvalue weighted by molar-refractivity contribution is 7.81. The summed E-state index contributed by atoms with van der Waals surface area (Å²) in [5, 5.41) is 0.206. The molecule has 0 spiro atoms. The van der Waals surface area contributed by atoms with E-state index in [0.717, 1.165) is 6.04 Å². The lowest BCUT2D eigenvalue weighted by atomic mass is 10.5. The first-order chi connectivity index (χ1) is 7.67. The number of rotatable bonds is 8. The third-order valence-electron chi connectivity index (χ3n) is 1.79. The molecule has 3 nitrogen and oxygen atoms in total. The van der Waals surface area contributed by atoms with Gasteiger partial charge in [0.05, 0.1) is 0 Å². The Kier molecular flexibility index (Phi) is 7.99. The van der Waals surface area contributed by atoms with Crippen molar-refractivity contribution in [1.82, 2.24) is 0 Å². The standard InChI is InChI=1S/C12H28O3SSi/c1-9(2)13-17(8-12(7)16,14-10(3)4)15-11(5)6/h9-12,16H,8H2,1-7H3. The summed E-state index contributed by atoms with van der Waals surface area (Å²) in [4.78, 5) is 0. The summed E-state index contributed by atoms with van der Waals surface area (Å²) in [7, 11) is -2.62. The van der Waals surface area contributed by atoms with E-state index in [-0.39, 0.29) is 23.6 Å². The largest absolute Gasteiger partial charge is 0.502 e. The van der Waals surface area contributed by atoms with E-state index in [1.54, 1.807) is 0 Å².